The molecule has 198 valence electrons. The molecule has 0 aliphatic carbocycles. The maximum atomic E-state index is 4.90. The van der Waals surface area contributed by atoms with Crippen LogP contribution in [0.4, 0.5) is 0 Å². The van der Waals surface area contributed by atoms with Gasteiger partial charge in [0.1, 0.15) is 0 Å². The third-order valence-electron chi connectivity index (χ3n) is 8.47. The van der Waals surface area contributed by atoms with Crippen molar-refractivity contribution in [2.24, 2.45) is 0 Å². The molecule has 8 rings (SSSR count). The van der Waals surface area contributed by atoms with Crippen molar-refractivity contribution >= 4 is 71.2 Å². The van der Waals surface area contributed by atoms with Crippen LogP contribution in [0.5, 0.6) is 0 Å². The summed E-state index contributed by atoms with van der Waals surface area (Å²) in [7, 11) is -2.52. The van der Waals surface area contributed by atoms with Crippen LogP contribution in [0.2, 0.25) is 0 Å². The number of nitrogens with zero attached hydrogens (tertiary/aromatic N) is 1. The first-order valence-electron chi connectivity index (χ1n) is 14.3. The van der Waals surface area contributed by atoms with Crippen LogP contribution in [-0.4, -0.2) is 13.1 Å². The molecule has 0 N–H and O–H groups in total. The highest BCUT2D eigenvalue weighted by molar-refractivity contribution is 7.26. The summed E-state index contributed by atoms with van der Waals surface area (Å²) in [5.74, 6) is 0. The number of rotatable bonds is 5. The van der Waals surface area contributed by atoms with Crippen LogP contribution >= 0.6 is 11.3 Å². The summed E-state index contributed by atoms with van der Waals surface area (Å²) in [6, 6.07) is 58.0. The van der Waals surface area contributed by atoms with Gasteiger partial charge in [-0.1, -0.05) is 146 Å². The van der Waals surface area contributed by atoms with Gasteiger partial charge in [-0.15, -0.1) is 11.3 Å². The fourth-order valence-corrected chi connectivity index (χ4v) is 12.5. The molecule has 2 heterocycles. The SMILES string of the molecule is c1ccc([Si](c2ccccc2)(c2ccccc2)c2ccc(-c3ccc4c(cnc5c6ccccc6sc45)c3)cc2)cc1. The Balaban J connectivity index is 1.28. The zero-order valence-electron chi connectivity index (χ0n) is 22.9. The van der Waals surface area contributed by atoms with Crippen LogP contribution in [0.15, 0.2) is 164 Å². The zero-order chi connectivity index (χ0) is 27.9. The molecule has 2 aromatic heterocycles. The van der Waals surface area contributed by atoms with E-state index in [0.29, 0.717) is 0 Å². The minimum absolute atomic E-state index is 1.10. The molecule has 8 aromatic rings. The number of aromatic nitrogens is 1. The highest BCUT2D eigenvalue weighted by Gasteiger charge is 2.41. The highest BCUT2D eigenvalue weighted by Crippen LogP contribution is 2.37. The van der Waals surface area contributed by atoms with Gasteiger partial charge in [-0.3, -0.25) is 4.98 Å². The molecule has 0 atom stereocenters. The molecule has 0 spiro atoms. The Bertz CT molecular complexity index is 2070. The van der Waals surface area contributed by atoms with Gasteiger partial charge in [0.05, 0.1) is 10.2 Å². The maximum Gasteiger partial charge on any atom is 0.179 e. The van der Waals surface area contributed by atoms with E-state index in [1.54, 1.807) is 0 Å². The van der Waals surface area contributed by atoms with Gasteiger partial charge >= 0.3 is 0 Å². The third kappa shape index (κ3) is 3.93. The lowest BCUT2D eigenvalue weighted by Crippen LogP contribution is -2.74. The van der Waals surface area contributed by atoms with Gasteiger partial charge in [-0.25, -0.2) is 0 Å². The first-order valence-corrected chi connectivity index (χ1v) is 17.1. The predicted octanol–water partition coefficient (Wildman–Crippen LogP) is 7.65. The average Bonchev–Trinajstić information content (AvgIpc) is 3.46. The van der Waals surface area contributed by atoms with Crippen LogP contribution < -0.4 is 20.7 Å². The number of hydrogen-bond donors (Lipinski definition) is 0. The van der Waals surface area contributed by atoms with Gasteiger partial charge in [-0.05, 0) is 44.0 Å². The summed E-state index contributed by atoms with van der Waals surface area (Å²) in [6.45, 7) is 0. The summed E-state index contributed by atoms with van der Waals surface area (Å²) >= 11 is 1.83. The summed E-state index contributed by atoms with van der Waals surface area (Å²) in [5, 5.41) is 9.23. The molecule has 0 aliphatic heterocycles. The number of hydrogen-bond acceptors (Lipinski definition) is 2. The first-order chi connectivity index (χ1) is 20.8. The molecule has 0 unspecified atom stereocenters. The largest absolute Gasteiger partial charge is 0.254 e. The van der Waals surface area contributed by atoms with Gasteiger partial charge < -0.3 is 0 Å². The van der Waals surface area contributed by atoms with Gasteiger partial charge in [0, 0.05) is 27.1 Å². The Kier molecular flexibility index (Phi) is 6.06. The Morgan fingerprint density at radius 1 is 0.452 bits per heavy atom. The fourth-order valence-electron chi connectivity index (χ4n) is 6.51. The molecule has 0 saturated heterocycles. The van der Waals surface area contributed by atoms with E-state index < -0.39 is 8.07 Å². The van der Waals surface area contributed by atoms with Crippen molar-refractivity contribution in [2.45, 2.75) is 0 Å². The minimum atomic E-state index is -2.52. The van der Waals surface area contributed by atoms with Crippen LogP contribution in [0, 0.1) is 0 Å². The van der Waals surface area contributed by atoms with Crippen molar-refractivity contribution < 1.29 is 0 Å². The number of thiophene rings is 1. The smallest absolute Gasteiger partial charge is 0.179 e. The minimum Gasteiger partial charge on any atom is -0.254 e. The Morgan fingerprint density at radius 2 is 0.976 bits per heavy atom. The van der Waals surface area contributed by atoms with E-state index in [4.69, 9.17) is 4.98 Å². The first kappa shape index (κ1) is 24.9. The second-order valence-electron chi connectivity index (χ2n) is 10.8. The predicted molar refractivity (Wildman–Crippen MR) is 184 cm³/mol. The number of benzene rings is 6. The molecule has 0 amide bonds. The molecule has 3 heteroatoms. The van der Waals surface area contributed by atoms with Crippen LogP contribution in [0.3, 0.4) is 0 Å². The monoisotopic (exact) mass is 569 g/mol. The summed E-state index contributed by atoms with van der Waals surface area (Å²) in [4.78, 5) is 4.90. The molecule has 6 aromatic carbocycles. The molecule has 0 saturated carbocycles. The lowest BCUT2D eigenvalue weighted by Gasteiger charge is -2.34. The molecule has 0 bridgehead atoms. The third-order valence-corrected chi connectivity index (χ3v) is 14.5. The maximum absolute atomic E-state index is 4.90. The lowest BCUT2D eigenvalue weighted by atomic mass is 10.0. The Hall–Kier alpha value is -4.83. The van der Waals surface area contributed by atoms with Crippen LogP contribution in [-0.2, 0) is 0 Å². The van der Waals surface area contributed by atoms with E-state index >= 15 is 0 Å². The lowest BCUT2D eigenvalue weighted by molar-refractivity contribution is 1.47. The van der Waals surface area contributed by atoms with Crippen molar-refractivity contribution in [3.8, 4) is 11.1 Å². The fraction of sp³-hybridized carbons (Fsp3) is 0. The zero-order valence-corrected chi connectivity index (χ0v) is 24.8. The summed E-state index contributed by atoms with van der Waals surface area (Å²) < 4.78 is 2.55. The second kappa shape index (κ2) is 10.2. The molecule has 0 fully saturated rings. The van der Waals surface area contributed by atoms with E-state index in [9.17, 15) is 0 Å². The molecular formula is C39H27NSSi. The van der Waals surface area contributed by atoms with E-state index in [1.165, 1.54) is 57.4 Å². The van der Waals surface area contributed by atoms with Crippen molar-refractivity contribution in [3.05, 3.63) is 164 Å². The molecule has 42 heavy (non-hydrogen) atoms. The molecule has 0 aliphatic rings. The van der Waals surface area contributed by atoms with Crippen molar-refractivity contribution in [2.75, 3.05) is 0 Å². The van der Waals surface area contributed by atoms with E-state index in [2.05, 4.69) is 158 Å². The molecular weight excluding hydrogens is 543 g/mol. The van der Waals surface area contributed by atoms with Crippen molar-refractivity contribution in [1.82, 2.24) is 4.98 Å². The van der Waals surface area contributed by atoms with E-state index in [-0.39, 0.29) is 0 Å². The van der Waals surface area contributed by atoms with Gasteiger partial charge in [0.2, 0.25) is 0 Å². The highest BCUT2D eigenvalue weighted by atomic mass is 32.1. The van der Waals surface area contributed by atoms with Crippen LogP contribution in [0.1, 0.15) is 0 Å². The van der Waals surface area contributed by atoms with Crippen LogP contribution in [0.25, 0.3) is 42.2 Å². The summed E-state index contributed by atoms with van der Waals surface area (Å²) in [6.07, 6.45) is 2.03. The molecule has 0 radical (unpaired) electrons. The van der Waals surface area contributed by atoms with Gasteiger partial charge in [-0.2, -0.15) is 0 Å². The molecule has 1 nitrogen and oxygen atoms in total. The van der Waals surface area contributed by atoms with Gasteiger partial charge in [0.25, 0.3) is 0 Å². The second-order valence-corrected chi connectivity index (χ2v) is 15.6. The quantitative estimate of drug-likeness (QED) is 0.153. The standard InChI is InChI=1S/C39H27NSSi/c1-4-12-31(13-5-1)42(32-14-6-2-7-15-32,33-16-8-3-9-17-33)34-23-20-28(21-24-34)29-22-25-35-30(26-29)27-40-38-36-18-10-11-19-37(36)41-39(35)38/h1-27H. The topological polar surface area (TPSA) is 12.9 Å². The van der Waals surface area contributed by atoms with Crippen molar-refractivity contribution in [3.63, 3.8) is 0 Å². The Labute approximate surface area is 250 Å². The summed E-state index contributed by atoms with van der Waals surface area (Å²) in [5.41, 5.74) is 3.53. The number of fused-ring (bicyclic) bond motifs is 5. The normalized spacial score (nSPS) is 11.8. The van der Waals surface area contributed by atoms with E-state index in [0.717, 1.165) is 5.52 Å². The van der Waals surface area contributed by atoms with Crippen molar-refractivity contribution in [1.29, 1.82) is 0 Å². The average molecular weight is 570 g/mol. The number of pyridine rings is 1. The Morgan fingerprint density at radius 3 is 1.60 bits per heavy atom. The van der Waals surface area contributed by atoms with E-state index in [1.807, 2.05) is 17.5 Å². The van der Waals surface area contributed by atoms with Gasteiger partial charge in [0.15, 0.2) is 8.07 Å².